The molecule has 6 nitrogen and oxygen atoms in total. The molecule has 1 aromatic carbocycles. The fourth-order valence-electron chi connectivity index (χ4n) is 3.86. The molecule has 1 aliphatic rings. The number of hydrogen-bond donors (Lipinski definition) is 0. The molecule has 1 aliphatic heterocycles. The number of carbonyl (C=O) groups is 1. The van der Waals surface area contributed by atoms with Crippen LogP contribution in [0.2, 0.25) is 0 Å². The molecule has 7 heteroatoms. The number of aryl methyl sites for hydroxylation is 2. The molecule has 0 radical (unpaired) electrons. The SMILES string of the molecule is COc1cccc(Cc2cc(C)nc([C@H]3CN(C(=O)Cc4csc(C)n4)CCO3)c2)c1. The molecule has 162 valence electrons. The summed E-state index contributed by atoms with van der Waals surface area (Å²) in [5.74, 6) is 0.937. The summed E-state index contributed by atoms with van der Waals surface area (Å²) in [5.41, 5.74) is 5.00. The lowest BCUT2D eigenvalue weighted by Gasteiger charge is -2.33. The van der Waals surface area contributed by atoms with Crippen molar-refractivity contribution in [2.45, 2.75) is 32.8 Å². The minimum atomic E-state index is -0.223. The highest BCUT2D eigenvalue weighted by Gasteiger charge is 2.27. The van der Waals surface area contributed by atoms with Crippen LogP contribution in [0, 0.1) is 13.8 Å². The van der Waals surface area contributed by atoms with Crippen molar-refractivity contribution in [2.24, 2.45) is 0 Å². The van der Waals surface area contributed by atoms with Gasteiger partial charge in [-0.05, 0) is 55.7 Å². The molecular weight excluding hydrogens is 410 g/mol. The first-order valence-corrected chi connectivity index (χ1v) is 11.3. The predicted octanol–water partition coefficient (Wildman–Crippen LogP) is 3.90. The average Bonchev–Trinajstić information content (AvgIpc) is 3.18. The molecule has 0 unspecified atom stereocenters. The minimum Gasteiger partial charge on any atom is -0.497 e. The Balaban J connectivity index is 1.47. The Morgan fingerprint density at radius 3 is 2.87 bits per heavy atom. The maximum Gasteiger partial charge on any atom is 0.228 e. The molecule has 0 bridgehead atoms. The Bertz CT molecular complexity index is 1070. The normalized spacial score (nSPS) is 16.4. The van der Waals surface area contributed by atoms with Gasteiger partial charge in [0.1, 0.15) is 11.9 Å². The average molecular weight is 438 g/mol. The number of amides is 1. The van der Waals surface area contributed by atoms with E-state index in [1.165, 1.54) is 11.1 Å². The van der Waals surface area contributed by atoms with Crippen LogP contribution >= 0.6 is 11.3 Å². The van der Waals surface area contributed by atoms with Crippen LogP contribution in [0.5, 0.6) is 5.75 Å². The zero-order chi connectivity index (χ0) is 21.8. The third-order valence-corrected chi connectivity index (χ3v) is 6.15. The van der Waals surface area contributed by atoms with E-state index in [4.69, 9.17) is 14.5 Å². The lowest BCUT2D eigenvalue weighted by molar-refractivity contribution is -0.138. The van der Waals surface area contributed by atoms with E-state index in [2.05, 4.69) is 23.2 Å². The summed E-state index contributed by atoms with van der Waals surface area (Å²) in [7, 11) is 1.68. The van der Waals surface area contributed by atoms with E-state index in [1.807, 2.05) is 42.3 Å². The highest BCUT2D eigenvalue weighted by molar-refractivity contribution is 7.09. The van der Waals surface area contributed by atoms with Crippen molar-refractivity contribution in [3.63, 3.8) is 0 Å². The Morgan fingerprint density at radius 2 is 2.10 bits per heavy atom. The highest BCUT2D eigenvalue weighted by atomic mass is 32.1. The molecule has 3 heterocycles. The van der Waals surface area contributed by atoms with Gasteiger partial charge in [0.05, 0.1) is 43.1 Å². The molecule has 0 N–H and O–H groups in total. The summed E-state index contributed by atoms with van der Waals surface area (Å²) in [6, 6.07) is 12.3. The van der Waals surface area contributed by atoms with Crippen molar-refractivity contribution in [2.75, 3.05) is 26.8 Å². The molecule has 0 spiro atoms. The third kappa shape index (κ3) is 5.48. The number of hydrogen-bond acceptors (Lipinski definition) is 6. The smallest absolute Gasteiger partial charge is 0.228 e. The van der Waals surface area contributed by atoms with E-state index in [9.17, 15) is 4.79 Å². The van der Waals surface area contributed by atoms with E-state index < -0.39 is 0 Å². The van der Waals surface area contributed by atoms with Crippen molar-refractivity contribution in [1.29, 1.82) is 0 Å². The van der Waals surface area contributed by atoms with Gasteiger partial charge in [-0.15, -0.1) is 11.3 Å². The molecule has 0 saturated carbocycles. The Morgan fingerprint density at radius 1 is 1.23 bits per heavy atom. The van der Waals surface area contributed by atoms with Crippen molar-refractivity contribution in [3.8, 4) is 5.75 Å². The quantitative estimate of drug-likeness (QED) is 0.585. The zero-order valence-electron chi connectivity index (χ0n) is 18.1. The number of morpholine rings is 1. The number of nitrogens with zero attached hydrogens (tertiary/aromatic N) is 3. The third-order valence-electron chi connectivity index (χ3n) is 5.32. The topological polar surface area (TPSA) is 64.5 Å². The summed E-state index contributed by atoms with van der Waals surface area (Å²) in [6.45, 7) is 5.57. The largest absolute Gasteiger partial charge is 0.497 e. The maximum absolute atomic E-state index is 12.8. The Hall–Kier alpha value is -2.77. The number of aromatic nitrogens is 2. The molecule has 4 rings (SSSR count). The van der Waals surface area contributed by atoms with Gasteiger partial charge in [-0.2, -0.15) is 0 Å². The van der Waals surface area contributed by atoms with Gasteiger partial charge in [0.15, 0.2) is 0 Å². The van der Waals surface area contributed by atoms with Crippen LogP contribution in [0.25, 0.3) is 0 Å². The zero-order valence-corrected chi connectivity index (χ0v) is 18.9. The molecule has 0 aliphatic carbocycles. The standard InChI is InChI=1S/C24H27N3O3S/c1-16-9-19(10-18-5-4-6-21(11-18)29-3)12-22(25-16)23-14-27(7-8-30-23)24(28)13-20-15-31-17(2)26-20/h4-6,9,11-12,15,23H,7-8,10,13-14H2,1-3H3/t23-/m1/s1. The summed E-state index contributed by atoms with van der Waals surface area (Å²) in [5, 5.41) is 2.94. The maximum atomic E-state index is 12.8. The predicted molar refractivity (Wildman–Crippen MR) is 121 cm³/mol. The van der Waals surface area contributed by atoms with Gasteiger partial charge >= 0.3 is 0 Å². The van der Waals surface area contributed by atoms with E-state index in [0.717, 1.165) is 34.3 Å². The summed E-state index contributed by atoms with van der Waals surface area (Å²) in [4.78, 5) is 23.8. The number of ether oxygens (including phenoxy) is 2. The van der Waals surface area contributed by atoms with Crippen LogP contribution < -0.4 is 4.74 Å². The number of pyridine rings is 1. The Labute approximate surface area is 186 Å². The molecule has 1 amide bonds. The van der Waals surface area contributed by atoms with Crippen LogP contribution in [-0.2, 0) is 22.4 Å². The second kappa shape index (κ2) is 9.58. The number of carbonyl (C=O) groups excluding carboxylic acids is 1. The van der Waals surface area contributed by atoms with Gasteiger partial charge in [-0.25, -0.2) is 4.98 Å². The van der Waals surface area contributed by atoms with Gasteiger partial charge in [0, 0.05) is 17.6 Å². The summed E-state index contributed by atoms with van der Waals surface area (Å²) >= 11 is 1.57. The first-order chi connectivity index (χ1) is 15.0. The van der Waals surface area contributed by atoms with Gasteiger partial charge in [-0.1, -0.05) is 12.1 Å². The van der Waals surface area contributed by atoms with Crippen LogP contribution in [0.15, 0.2) is 41.8 Å². The fourth-order valence-corrected chi connectivity index (χ4v) is 4.48. The molecular formula is C24H27N3O3S. The van der Waals surface area contributed by atoms with Crippen LogP contribution in [0.1, 0.15) is 39.3 Å². The van der Waals surface area contributed by atoms with Crippen molar-refractivity contribution in [3.05, 3.63) is 75.0 Å². The monoisotopic (exact) mass is 437 g/mol. The molecule has 1 saturated heterocycles. The molecule has 3 aromatic rings. The van der Waals surface area contributed by atoms with Crippen LogP contribution in [0.4, 0.5) is 0 Å². The number of methoxy groups -OCH3 is 1. The molecule has 1 fully saturated rings. The molecule has 31 heavy (non-hydrogen) atoms. The lowest BCUT2D eigenvalue weighted by Crippen LogP contribution is -2.43. The number of rotatable bonds is 6. The van der Waals surface area contributed by atoms with Crippen LogP contribution in [0.3, 0.4) is 0 Å². The number of thiazole rings is 1. The first-order valence-electron chi connectivity index (χ1n) is 10.4. The molecule has 2 aromatic heterocycles. The van der Waals surface area contributed by atoms with E-state index in [1.54, 1.807) is 18.4 Å². The van der Waals surface area contributed by atoms with E-state index in [0.29, 0.717) is 26.1 Å². The van der Waals surface area contributed by atoms with Crippen molar-refractivity contribution >= 4 is 17.2 Å². The van der Waals surface area contributed by atoms with Gasteiger partial charge < -0.3 is 14.4 Å². The second-order valence-corrected chi connectivity index (χ2v) is 8.87. The summed E-state index contributed by atoms with van der Waals surface area (Å²) in [6.07, 6.45) is 0.893. The van der Waals surface area contributed by atoms with Gasteiger partial charge in [-0.3, -0.25) is 9.78 Å². The van der Waals surface area contributed by atoms with Gasteiger partial charge in [0.25, 0.3) is 0 Å². The fraction of sp³-hybridized carbons (Fsp3) is 0.375. The van der Waals surface area contributed by atoms with Gasteiger partial charge in [0.2, 0.25) is 5.91 Å². The minimum absolute atomic E-state index is 0.0860. The number of benzene rings is 1. The molecule has 1 atom stereocenters. The first kappa shape index (κ1) is 21.5. The van der Waals surface area contributed by atoms with Crippen LogP contribution in [-0.4, -0.2) is 47.6 Å². The van der Waals surface area contributed by atoms with Crippen molar-refractivity contribution < 1.29 is 14.3 Å². The van der Waals surface area contributed by atoms with E-state index >= 15 is 0 Å². The second-order valence-electron chi connectivity index (χ2n) is 7.80. The summed E-state index contributed by atoms with van der Waals surface area (Å²) < 4.78 is 11.3. The van der Waals surface area contributed by atoms with E-state index in [-0.39, 0.29) is 12.0 Å². The Kier molecular flexibility index (Phi) is 6.63. The highest BCUT2D eigenvalue weighted by Crippen LogP contribution is 2.24. The van der Waals surface area contributed by atoms with Crippen molar-refractivity contribution in [1.82, 2.24) is 14.9 Å². The lowest BCUT2D eigenvalue weighted by atomic mass is 10.0.